The molecule has 4 nitrogen and oxygen atoms in total. The number of benzene rings is 3. The highest BCUT2D eigenvalue weighted by atomic mass is 79.9. The Morgan fingerprint density at radius 3 is 2.46 bits per heavy atom. The molecule has 0 atom stereocenters. The van der Waals surface area contributed by atoms with Crippen LogP contribution in [0.2, 0.25) is 10.0 Å². The summed E-state index contributed by atoms with van der Waals surface area (Å²) in [6.07, 6.45) is 1.51. The molecular formula is C21H15BrCl2N2O2. The molecule has 28 heavy (non-hydrogen) atoms. The number of nitrogens with zero attached hydrogens (tertiary/aromatic N) is 1. The van der Waals surface area contributed by atoms with Crippen molar-refractivity contribution in [3.8, 4) is 5.75 Å². The molecule has 3 aromatic rings. The van der Waals surface area contributed by atoms with Gasteiger partial charge in [0.15, 0.2) is 5.75 Å². The molecule has 0 radical (unpaired) electrons. The van der Waals surface area contributed by atoms with Crippen molar-refractivity contribution >= 4 is 51.3 Å². The highest BCUT2D eigenvalue weighted by Gasteiger charge is 2.09. The second kappa shape index (κ2) is 9.73. The number of ether oxygens (including phenoxy) is 1. The van der Waals surface area contributed by atoms with Crippen LogP contribution in [0.1, 0.15) is 21.5 Å². The van der Waals surface area contributed by atoms with Gasteiger partial charge in [0, 0.05) is 10.6 Å². The minimum atomic E-state index is -0.333. The van der Waals surface area contributed by atoms with Crippen LogP contribution < -0.4 is 10.2 Å². The molecule has 0 saturated carbocycles. The normalized spacial score (nSPS) is 10.8. The molecule has 7 heteroatoms. The van der Waals surface area contributed by atoms with E-state index >= 15 is 0 Å². The van der Waals surface area contributed by atoms with E-state index in [0.717, 1.165) is 5.56 Å². The Kier molecular flexibility index (Phi) is 7.09. The Bertz CT molecular complexity index is 970. The number of nitrogens with one attached hydrogen (secondary N) is 1. The van der Waals surface area contributed by atoms with E-state index in [4.69, 9.17) is 27.9 Å². The Morgan fingerprint density at radius 1 is 1.07 bits per heavy atom. The van der Waals surface area contributed by atoms with E-state index in [2.05, 4.69) is 26.5 Å². The largest absolute Gasteiger partial charge is 0.486 e. The number of hydrogen-bond donors (Lipinski definition) is 1. The molecule has 0 bridgehead atoms. The standard InChI is InChI=1S/C21H15BrCl2N2O2/c22-18-10-15(12-25-26-21(27)16-6-8-17(23)9-7-16)11-19(24)20(18)28-13-14-4-2-1-3-5-14/h1-12H,13H2,(H,26,27)/b25-12-. The maximum absolute atomic E-state index is 12.0. The number of hydrazone groups is 1. The van der Waals surface area contributed by atoms with Gasteiger partial charge in [-0.1, -0.05) is 53.5 Å². The van der Waals surface area contributed by atoms with Crippen LogP contribution in [0, 0.1) is 0 Å². The zero-order valence-corrected chi connectivity index (χ0v) is 17.6. The summed E-state index contributed by atoms with van der Waals surface area (Å²) >= 11 is 15.6. The first kappa shape index (κ1) is 20.4. The molecular weight excluding hydrogens is 463 g/mol. The second-order valence-electron chi connectivity index (χ2n) is 5.79. The first-order valence-electron chi connectivity index (χ1n) is 8.27. The van der Waals surface area contributed by atoms with Crippen molar-refractivity contribution in [1.29, 1.82) is 0 Å². The van der Waals surface area contributed by atoms with Gasteiger partial charge in [0.25, 0.3) is 5.91 Å². The molecule has 0 aromatic heterocycles. The zero-order valence-electron chi connectivity index (χ0n) is 14.5. The molecule has 0 spiro atoms. The first-order valence-corrected chi connectivity index (χ1v) is 9.82. The van der Waals surface area contributed by atoms with Crippen molar-refractivity contribution in [3.63, 3.8) is 0 Å². The van der Waals surface area contributed by atoms with E-state index in [1.54, 1.807) is 30.3 Å². The van der Waals surface area contributed by atoms with E-state index in [0.29, 0.717) is 38.0 Å². The van der Waals surface area contributed by atoms with E-state index < -0.39 is 0 Å². The van der Waals surface area contributed by atoms with Crippen LogP contribution in [0.4, 0.5) is 0 Å². The fraction of sp³-hybridized carbons (Fsp3) is 0.0476. The van der Waals surface area contributed by atoms with Gasteiger partial charge in [-0.3, -0.25) is 4.79 Å². The van der Waals surface area contributed by atoms with Crippen LogP contribution in [0.25, 0.3) is 0 Å². The van der Waals surface area contributed by atoms with Gasteiger partial charge >= 0.3 is 0 Å². The molecule has 142 valence electrons. The molecule has 0 heterocycles. The van der Waals surface area contributed by atoms with E-state index in [1.807, 2.05) is 36.4 Å². The fourth-order valence-corrected chi connectivity index (χ4v) is 3.47. The van der Waals surface area contributed by atoms with E-state index in [9.17, 15) is 4.79 Å². The Morgan fingerprint density at radius 2 is 1.79 bits per heavy atom. The molecule has 0 aliphatic rings. The van der Waals surface area contributed by atoms with E-state index in [1.165, 1.54) is 6.21 Å². The third-order valence-corrected chi connectivity index (χ3v) is 4.85. The van der Waals surface area contributed by atoms with Crippen LogP contribution in [0.15, 0.2) is 76.3 Å². The van der Waals surface area contributed by atoms with Crippen molar-refractivity contribution in [1.82, 2.24) is 5.43 Å². The van der Waals surface area contributed by atoms with Crippen molar-refractivity contribution < 1.29 is 9.53 Å². The number of carbonyl (C=O) groups excluding carboxylic acids is 1. The number of rotatable bonds is 6. The lowest BCUT2D eigenvalue weighted by Gasteiger charge is -2.11. The van der Waals surface area contributed by atoms with Gasteiger partial charge in [0.2, 0.25) is 0 Å². The highest BCUT2D eigenvalue weighted by Crippen LogP contribution is 2.34. The molecule has 3 rings (SSSR count). The summed E-state index contributed by atoms with van der Waals surface area (Å²) < 4.78 is 6.51. The SMILES string of the molecule is O=C(N/N=C\c1cc(Cl)c(OCc2ccccc2)c(Br)c1)c1ccc(Cl)cc1. The molecule has 1 amide bonds. The average molecular weight is 478 g/mol. The van der Waals surface area contributed by atoms with Gasteiger partial charge in [0.05, 0.1) is 15.7 Å². The topological polar surface area (TPSA) is 50.7 Å². The predicted molar refractivity (Wildman–Crippen MR) is 116 cm³/mol. The van der Waals surface area contributed by atoms with Crippen LogP contribution in [0.3, 0.4) is 0 Å². The predicted octanol–water partition coefficient (Wildman–Crippen LogP) is 6.10. The summed E-state index contributed by atoms with van der Waals surface area (Å²) in [7, 11) is 0. The van der Waals surface area contributed by atoms with Crippen LogP contribution in [-0.4, -0.2) is 12.1 Å². The summed E-state index contributed by atoms with van der Waals surface area (Å²) in [5.74, 6) is 0.216. The minimum absolute atomic E-state index is 0.333. The summed E-state index contributed by atoms with van der Waals surface area (Å²) in [5, 5.41) is 4.97. The van der Waals surface area contributed by atoms with E-state index in [-0.39, 0.29) is 5.91 Å². The third-order valence-electron chi connectivity index (χ3n) is 3.73. The Balaban J connectivity index is 1.64. The average Bonchev–Trinajstić information content (AvgIpc) is 2.68. The maximum atomic E-state index is 12.0. The lowest BCUT2D eigenvalue weighted by Crippen LogP contribution is -2.17. The van der Waals surface area contributed by atoms with Gasteiger partial charge in [0.1, 0.15) is 6.61 Å². The number of hydrogen-bond acceptors (Lipinski definition) is 3. The minimum Gasteiger partial charge on any atom is -0.486 e. The molecule has 3 aromatic carbocycles. The van der Waals surface area contributed by atoms with Gasteiger partial charge in [-0.25, -0.2) is 5.43 Å². The summed E-state index contributed by atoms with van der Waals surface area (Å²) in [4.78, 5) is 12.0. The summed E-state index contributed by atoms with van der Waals surface area (Å²) in [5.41, 5.74) is 4.68. The van der Waals surface area contributed by atoms with Gasteiger partial charge in [-0.2, -0.15) is 5.10 Å². The maximum Gasteiger partial charge on any atom is 0.271 e. The zero-order chi connectivity index (χ0) is 19.9. The number of amides is 1. The lowest BCUT2D eigenvalue weighted by molar-refractivity contribution is 0.0955. The number of halogens is 3. The van der Waals surface area contributed by atoms with Crippen molar-refractivity contribution in [2.75, 3.05) is 0 Å². The van der Waals surface area contributed by atoms with Crippen LogP contribution in [0.5, 0.6) is 5.75 Å². The quantitative estimate of drug-likeness (QED) is 0.344. The van der Waals surface area contributed by atoms with Gasteiger partial charge in [-0.05, 0) is 63.5 Å². The Labute approximate surface area is 181 Å². The van der Waals surface area contributed by atoms with Crippen LogP contribution >= 0.6 is 39.1 Å². The van der Waals surface area contributed by atoms with Gasteiger partial charge in [-0.15, -0.1) is 0 Å². The summed E-state index contributed by atoms with van der Waals surface area (Å²) in [6, 6.07) is 19.9. The number of carbonyl (C=O) groups is 1. The third kappa shape index (κ3) is 5.58. The molecule has 0 saturated heterocycles. The molecule has 1 N–H and O–H groups in total. The van der Waals surface area contributed by atoms with Crippen molar-refractivity contribution in [2.24, 2.45) is 5.10 Å². The lowest BCUT2D eigenvalue weighted by atomic mass is 10.2. The molecule has 0 aliphatic carbocycles. The second-order valence-corrected chi connectivity index (χ2v) is 7.49. The molecule has 0 aliphatic heterocycles. The highest BCUT2D eigenvalue weighted by molar-refractivity contribution is 9.10. The fourth-order valence-electron chi connectivity index (χ4n) is 2.35. The van der Waals surface area contributed by atoms with Crippen molar-refractivity contribution in [3.05, 3.63) is 97.9 Å². The first-order chi connectivity index (χ1) is 13.5. The van der Waals surface area contributed by atoms with Crippen molar-refractivity contribution in [2.45, 2.75) is 6.61 Å². The van der Waals surface area contributed by atoms with Gasteiger partial charge < -0.3 is 4.74 Å². The molecule has 0 unspecified atom stereocenters. The smallest absolute Gasteiger partial charge is 0.271 e. The summed E-state index contributed by atoms with van der Waals surface area (Å²) in [6.45, 7) is 0.406. The monoisotopic (exact) mass is 476 g/mol. The molecule has 0 fully saturated rings. The Hall–Kier alpha value is -2.34. The van der Waals surface area contributed by atoms with Crippen LogP contribution in [-0.2, 0) is 6.61 Å².